The Labute approximate surface area is 216 Å². The second-order valence-corrected chi connectivity index (χ2v) is 11.1. The lowest BCUT2D eigenvalue weighted by molar-refractivity contribution is 0.00799. The van der Waals surface area contributed by atoms with E-state index in [4.69, 9.17) is 9.47 Å². The van der Waals surface area contributed by atoms with Gasteiger partial charge in [-0.05, 0) is 42.2 Å². The summed E-state index contributed by atoms with van der Waals surface area (Å²) in [5, 5.41) is 14.0. The van der Waals surface area contributed by atoms with E-state index >= 15 is 0 Å². The molecule has 3 rings (SSSR count). The summed E-state index contributed by atoms with van der Waals surface area (Å²) in [4.78, 5) is 25.7. The number of rotatable bonds is 11. The zero-order valence-corrected chi connectivity index (χ0v) is 21.7. The fraction of sp³-hybridized carbons (Fsp3) is 0.440. The van der Waals surface area contributed by atoms with Crippen molar-refractivity contribution in [2.24, 2.45) is 5.92 Å². The van der Waals surface area contributed by atoms with Crippen molar-refractivity contribution in [1.29, 1.82) is 0 Å². The standard InChI is InChI=1S/C25H32FN3O7S/c1-17(2)14-28(37(33,34)20-11-9-19(26)10-12-20)15-22(30)21(13-18-7-5-4-6-8-18)29(25(32)35-3)23-16-36-24(31)27-23/h4-12,17,21-23,30H,13-16H2,1-3H3,(H,27,31)/t21?,22?,23-/m0/s1. The van der Waals surface area contributed by atoms with Crippen molar-refractivity contribution in [2.45, 2.75) is 43.5 Å². The van der Waals surface area contributed by atoms with E-state index < -0.39 is 46.3 Å². The molecule has 2 aromatic rings. The molecule has 0 aliphatic carbocycles. The van der Waals surface area contributed by atoms with Crippen molar-refractivity contribution in [3.63, 3.8) is 0 Å². The number of halogens is 1. The number of benzene rings is 2. The molecule has 1 aliphatic rings. The lowest BCUT2D eigenvalue weighted by atomic mass is 9.99. The molecule has 12 heteroatoms. The molecule has 1 saturated heterocycles. The maximum Gasteiger partial charge on any atom is 0.411 e. The minimum Gasteiger partial charge on any atom is -0.453 e. The summed E-state index contributed by atoms with van der Waals surface area (Å²) in [6.45, 7) is 3.18. The molecule has 0 spiro atoms. The number of carbonyl (C=O) groups is 2. The number of aliphatic hydroxyl groups excluding tert-OH is 1. The summed E-state index contributed by atoms with van der Waals surface area (Å²) < 4.78 is 51.4. The highest BCUT2D eigenvalue weighted by atomic mass is 32.2. The van der Waals surface area contributed by atoms with Crippen LogP contribution in [0.15, 0.2) is 59.5 Å². The Balaban J connectivity index is 1.98. The van der Waals surface area contributed by atoms with Gasteiger partial charge in [-0.3, -0.25) is 10.2 Å². The third-order valence-electron chi connectivity index (χ3n) is 5.88. The van der Waals surface area contributed by atoms with Crippen LogP contribution < -0.4 is 5.32 Å². The van der Waals surface area contributed by atoms with Crippen LogP contribution in [0.25, 0.3) is 0 Å². The number of hydrogen-bond acceptors (Lipinski definition) is 7. The number of nitrogens with zero attached hydrogens (tertiary/aromatic N) is 2. The summed E-state index contributed by atoms with van der Waals surface area (Å²) in [7, 11) is -2.95. The second-order valence-electron chi connectivity index (χ2n) is 9.13. The van der Waals surface area contributed by atoms with Gasteiger partial charge < -0.3 is 14.6 Å². The Kier molecular flexibility index (Phi) is 9.46. The molecule has 37 heavy (non-hydrogen) atoms. The fourth-order valence-electron chi connectivity index (χ4n) is 4.16. The van der Waals surface area contributed by atoms with Gasteiger partial charge in [-0.1, -0.05) is 44.2 Å². The number of alkyl carbamates (subject to hydrolysis) is 1. The summed E-state index contributed by atoms with van der Waals surface area (Å²) >= 11 is 0. The van der Waals surface area contributed by atoms with E-state index in [0.29, 0.717) is 0 Å². The average Bonchev–Trinajstić information content (AvgIpc) is 3.29. The Bertz CT molecular complexity index is 1160. The predicted molar refractivity (Wildman–Crippen MR) is 132 cm³/mol. The maximum absolute atomic E-state index is 13.5. The smallest absolute Gasteiger partial charge is 0.411 e. The number of aliphatic hydroxyl groups is 1. The van der Waals surface area contributed by atoms with Crippen LogP contribution in [0.2, 0.25) is 0 Å². The van der Waals surface area contributed by atoms with Gasteiger partial charge in [-0.25, -0.2) is 22.4 Å². The Morgan fingerprint density at radius 1 is 1.16 bits per heavy atom. The van der Waals surface area contributed by atoms with Crippen molar-refractivity contribution in [2.75, 3.05) is 26.8 Å². The van der Waals surface area contributed by atoms with Crippen LogP contribution in [0.4, 0.5) is 14.0 Å². The van der Waals surface area contributed by atoms with E-state index in [2.05, 4.69) is 5.32 Å². The molecule has 1 aliphatic heterocycles. The van der Waals surface area contributed by atoms with Gasteiger partial charge in [-0.15, -0.1) is 0 Å². The minimum absolute atomic E-state index is 0.0658. The molecule has 202 valence electrons. The summed E-state index contributed by atoms with van der Waals surface area (Å²) in [6.07, 6.45) is -3.75. The number of amides is 2. The third-order valence-corrected chi connectivity index (χ3v) is 7.72. The van der Waals surface area contributed by atoms with Gasteiger partial charge in [0.15, 0.2) is 0 Å². The molecule has 2 aromatic carbocycles. The van der Waals surface area contributed by atoms with Gasteiger partial charge in [0, 0.05) is 13.1 Å². The van der Waals surface area contributed by atoms with Crippen molar-refractivity contribution >= 4 is 22.2 Å². The van der Waals surface area contributed by atoms with Crippen LogP contribution in [0.1, 0.15) is 19.4 Å². The molecule has 10 nitrogen and oxygen atoms in total. The van der Waals surface area contributed by atoms with Crippen LogP contribution in [0.3, 0.4) is 0 Å². The first kappa shape index (κ1) is 28.4. The lowest BCUT2D eigenvalue weighted by Crippen LogP contribution is -2.59. The van der Waals surface area contributed by atoms with Crippen LogP contribution in [0.5, 0.6) is 0 Å². The van der Waals surface area contributed by atoms with Gasteiger partial charge in [-0.2, -0.15) is 4.31 Å². The molecule has 0 aromatic heterocycles. The highest BCUT2D eigenvalue weighted by Crippen LogP contribution is 2.23. The lowest BCUT2D eigenvalue weighted by Gasteiger charge is -2.38. The topological polar surface area (TPSA) is 125 Å². The number of cyclic esters (lactones) is 1. The highest BCUT2D eigenvalue weighted by molar-refractivity contribution is 7.89. The molecule has 0 saturated carbocycles. The van der Waals surface area contributed by atoms with E-state index in [1.807, 2.05) is 19.9 Å². The van der Waals surface area contributed by atoms with E-state index in [-0.39, 0.29) is 36.9 Å². The Hall–Kier alpha value is -3.22. The van der Waals surface area contributed by atoms with Crippen molar-refractivity contribution < 1.29 is 37.0 Å². The van der Waals surface area contributed by atoms with E-state index in [1.165, 1.54) is 12.0 Å². The van der Waals surface area contributed by atoms with Gasteiger partial charge in [0.05, 0.1) is 24.2 Å². The largest absolute Gasteiger partial charge is 0.453 e. The van der Waals surface area contributed by atoms with Gasteiger partial charge >= 0.3 is 12.2 Å². The first-order chi connectivity index (χ1) is 17.5. The van der Waals surface area contributed by atoms with Crippen LogP contribution in [-0.2, 0) is 25.9 Å². The quantitative estimate of drug-likeness (QED) is 0.451. The van der Waals surface area contributed by atoms with E-state index in [1.54, 1.807) is 24.3 Å². The number of sulfonamides is 1. The fourth-order valence-corrected chi connectivity index (χ4v) is 5.78. The van der Waals surface area contributed by atoms with Crippen molar-refractivity contribution in [3.8, 4) is 0 Å². The average molecular weight is 538 g/mol. The molecule has 0 radical (unpaired) electrons. The zero-order valence-electron chi connectivity index (χ0n) is 20.9. The van der Waals surface area contributed by atoms with E-state index in [9.17, 15) is 27.5 Å². The molecule has 3 atom stereocenters. The van der Waals surface area contributed by atoms with Crippen LogP contribution >= 0.6 is 0 Å². The van der Waals surface area contributed by atoms with Crippen molar-refractivity contribution in [3.05, 3.63) is 66.0 Å². The molecular formula is C25H32FN3O7S. The molecular weight excluding hydrogens is 505 g/mol. The predicted octanol–water partition coefficient (Wildman–Crippen LogP) is 2.58. The first-order valence-electron chi connectivity index (χ1n) is 11.8. The first-order valence-corrected chi connectivity index (χ1v) is 13.2. The number of hydrogen-bond donors (Lipinski definition) is 2. The van der Waals surface area contributed by atoms with Crippen LogP contribution in [-0.4, -0.2) is 80.0 Å². The van der Waals surface area contributed by atoms with Gasteiger partial charge in [0.25, 0.3) is 0 Å². The normalized spacial score (nSPS) is 17.3. The van der Waals surface area contributed by atoms with Crippen LogP contribution in [0, 0.1) is 11.7 Å². The second kappa shape index (κ2) is 12.3. The Morgan fingerprint density at radius 2 is 1.81 bits per heavy atom. The summed E-state index contributed by atoms with van der Waals surface area (Å²) in [5.41, 5.74) is 0.766. The summed E-state index contributed by atoms with van der Waals surface area (Å²) in [5.74, 6) is -0.680. The number of methoxy groups -OCH3 is 1. The molecule has 0 bridgehead atoms. The molecule has 1 fully saturated rings. The monoisotopic (exact) mass is 537 g/mol. The maximum atomic E-state index is 13.5. The van der Waals surface area contributed by atoms with Gasteiger partial charge in [0.2, 0.25) is 10.0 Å². The summed E-state index contributed by atoms with van der Waals surface area (Å²) in [6, 6.07) is 12.5. The minimum atomic E-state index is -4.12. The molecule has 2 unspecified atom stereocenters. The highest BCUT2D eigenvalue weighted by Gasteiger charge is 2.41. The zero-order chi connectivity index (χ0) is 27.2. The number of ether oxygens (including phenoxy) is 2. The number of nitrogens with one attached hydrogen (secondary N) is 1. The number of carbonyl (C=O) groups excluding carboxylic acids is 2. The van der Waals surface area contributed by atoms with Gasteiger partial charge in [0.1, 0.15) is 18.6 Å². The SMILES string of the molecule is COC(=O)N(C(Cc1ccccc1)C(O)CN(CC(C)C)S(=O)(=O)c1ccc(F)cc1)[C@H]1COC(=O)N1. The van der Waals surface area contributed by atoms with E-state index in [0.717, 1.165) is 34.1 Å². The molecule has 2 amide bonds. The molecule has 1 heterocycles. The Morgan fingerprint density at radius 3 is 2.35 bits per heavy atom. The van der Waals surface area contributed by atoms with Crippen molar-refractivity contribution in [1.82, 2.24) is 14.5 Å². The molecule has 2 N–H and O–H groups in total. The third kappa shape index (κ3) is 7.18.